The standard InChI is InChI=1S/C23H26N2O/c1-23(2,3)20-12-9-18(10-13-20)19-11-14-22(25-17-19)26-16-6-8-21-7-4-5-15-24-21/h4-5,7,9-15,17H,6,8,16H2,1-3H3. The fraction of sp³-hybridized carbons (Fsp3) is 0.304. The summed E-state index contributed by atoms with van der Waals surface area (Å²) in [6.45, 7) is 7.32. The SMILES string of the molecule is CC(C)(C)c1ccc(-c2ccc(OCCCc3ccccn3)nc2)cc1. The predicted octanol–water partition coefficient (Wildman–Crippen LogP) is 5.45. The molecule has 2 aromatic heterocycles. The summed E-state index contributed by atoms with van der Waals surface area (Å²) in [5.41, 5.74) is 4.88. The molecule has 0 spiro atoms. The van der Waals surface area contributed by atoms with Crippen molar-refractivity contribution in [2.24, 2.45) is 0 Å². The van der Waals surface area contributed by atoms with Crippen LogP contribution in [-0.4, -0.2) is 16.6 Å². The number of pyridine rings is 2. The number of hydrogen-bond acceptors (Lipinski definition) is 3. The minimum atomic E-state index is 0.170. The third-order valence-electron chi connectivity index (χ3n) is 4.37. The van der Waals surface area contributed by atoms with E-state index in [-0.39, 0.29) is 5.41 Å². The maximum atomic E-state index is 5.74. The highest BCUT2D eigenvalue weighted by Gasteiger charge is 2.13. The number of benzene rings is 1. The van der Waals surface area contributed by atoms with Crippen LogP contribution >= 0.6 is 0 Å². The second kappa shape index (κ2) is 8.13. The zero-order chi connectivity index (χ0) is 18.4. The maximum Gasteiger partial charge on any atom is 0.213 e. The van der Waals surface area contributed by atoms with Gasteiger partial charge in [-0.1, -0.05) is 51.1 Å². The second-order valence-corrected chi connectivity index (χ2v) is 7.49. The molecule has 1 aromatic carbocycles. The van der Waals surface area contributed by atoms with Crippen molar-refractivity contribution in [2.45, 2.75) is 39.0 Å². The Kier molecular flexibility index (Phi) is 5.67. The number of rotatable bonds is 6. The largest absolute Gasteiger partial charge is 0.478 e. The topological polar surface area (TPSA) is 35.0 Å². The van der Waals surface area contributed by atoms with E-state index in [4.69, 9.17) is 4.74 Å². The van der Waals surface area contributed by atoms with Crippen LogP contribution in [0.1, 0.15) is 38.4 Å². The van der Waals surface area contributed by atoms with Gasteiger partial charge in [-0.25, -0.2) is 4.98 Å². The molecule has 0 unspecified atom stereocenters. The Morgan fingerprint density at radius 3 is 2.23 bits per heavy atom. The summed E-state index contributed by atoms with van der Waals surface area (Å²) >= 11 is 0. The molecule has 0 amide bonds. The Balaban J connectivity index is 1.53. The van der Waals surface area contributed by atoms with Crippen LogP contribution in [0.5, 0.6) is 5.88 Å². The first-order chi connectivity index (χ1) is 12.5. The van der Waals surface area contributed by atoms with Crippen LogP contribution in [0.15, 0.2) is 67.0 Å². The van der Waals surface area contributed by atoms with Gasteiger partial charge in [0.1, 0.15) is 0 Å². The molecule has 0 aliphatic rings. The predicted molar refractivity (Wildman–Crippen MR) is 106 cm³/mol. The third kappa shape index (κ3) is 4.92. The van der Waals surface area contributed by atoms with Gasteiger partial charge in [-0.3, -0.25) is 4.98 Å². The minimum absolute atomic E-state index is 0.170. The average molecular weight is 346 g/mol. The lowest BCUT2D eigenvalue weighted by Gasteiger charge is -2.19. The minimum Gasteiger partial charge on any atom is -0.478 e. The highest BCUT2D eigenvalue weighted by Crippen LogP contribution is 2.26. The fourth-order valence-corrected chi connectivity index (χ4v) is 2.78. The molecular weight excluding hydrogens is 320 g/mol. The summed E-state index contributed by atoms with van der Waals surface area (Å²) in [5.74, 6) is 0.668. The summed E-state index contributed by atoms with van der Waals surface area (Å²) < 4.78 is 5.74. The van der Waals surface area contributed by atoms with Crippen molar-refractivity contribution < 1.29 is 4.74 Å². The van der Waals surface area contributed by atoms with E-state index in [0.717, 1.165) is 24.1 Å². The van der Waals surface area contributed by atoms with Crippen molar-refractivity contribution in [3.05, 3.63) is 78.2 Å². The summed E-state index contributed by atoms with van der Waals surface area (Å²) in [7, 11) is 0. The van der Waals surface area contributed by atoms with Gasteiger partial charge < -0.3 is 4.74 Å². The van der Waals surface area contributed by atoms with Gasteiger partial charge >= 0.3 is 0 Å². The van der Waals surface area contributed by atoms with Gasteiger partial charge in [-0.15, -0.1) is 0 Å². The molecule has 0 fully saturated rings. The molecule has 3 heteroatoms. The molecule has 0 N–H and O–H groups in total. The van der Waals surface area contributed by atoms with Gasteiger partial charge in [0.25, 0.3) is 0 Å². The first-order valence-electron chi connectivity index (χ1n) is 9.12. The summed E-state index contributed by atoms with van der Waals surface area (Å²) in [6, 6.07) is 18.7. The summed E-state index contributed by atoms with van der Waals surface area (Å²) in [5, 5.41) is 0. The molecule has 0 saturated heterocycles. The molecule has 3 nitrogen and oxygen atoms in total. The van der Waals surface area contributed by atoms with Crippen molar-refractivity contribution in [3.63, 3.8) is 0 Å². The molecule has 0 bridgehead atoms. The van der Waals surface area contributed by atoms with Crippen molar-refractivity contribution in [1.29, 1.82) is 0 Å². The zero-order valence-electron chi connectivity index (χ0n) is 15.8. The Bertz CT molecular complexity index is 804. The number of ether oxygens (including phenoxy) is 1. The van der Waals surface area contributed by atoms with Crippen LogP contribution in [0, 0.1) is 0 Å². The molecule has 0 aliphatic heterocycles. The lowest BCUT2D eigenvalue weighted by atomic mass is 9.86. The highest BCUT2D eigenvalue weighted by atomic mass is 16.5. The van der Waals surface area contributed by atoms with E-state index < -0.39 is 0 Å². The van der Waals surface area contributed by atoms with Crippen LogP contribution < -0.4 is 4.74 Å². The van der Waals surface area contributed by atoms with Gasteiger partial charge in [0.15, 0.2) is 0 Å². The average Bonchev–Trinajstić information content (AvgIpc) is 2.66. The molecular formula is C23H26N2O. The Labute approximate surface area is 156 Å². The lowest BCUT2D eigenvalue weighted by molar-refractivity contribution is 0.299. The second-order valence-electron chi connectivity index (χ2n) is 7.49. The van der Waals surface area contributed by atoms with Crippen LogP contribution in [-0.2, 0) is 11.8 Å². The van der Waals surface area contributed by atoms with Gasteiger partial charge in [0.05, 0.1) is 6.61 Å². The molecule has 0 aliphatic carbocycles. The summed E-state index contributed by atoms with van der Waals surface area (Å²) in [4.78, 5) is 8.75. The number of nitrogens with zero attached hydrogens (tertiary/aromatic N) is 2. The van der Waals surface area contributed by atoms with E-state index in [9.17, 15) is 0 Å². The van der Waals surface area contributed by atoms with E-state index in [1.165, 1.54) is 11.1 Å². The van der Waals surface area contributed by atoms with E-state index in [1.54, 1.807) is 0 Å². The van der Waals surface area contributed by atoms with Crippen LogP contribution in [0.4, 0.5) is 0 Å². The molecule has 3 rings (SSSR count). The molecule has 0 atom stereocenters. The Hall–Kier alpha value is -2.68. The van der Waals surface area contributed by atoms with Gasteiger partial charge in [-0.05, 0) is 47.6 Å². The normalized spacial score (nSPS) is 11.3. The van der Waals surface area contributed by atoms with Gasteiger partial charge in [-0.2, -0.15) is 0 Å². The van der Waals surface area contributed by atoms with E-state index in [2.05, 4.69) is 61.1 Å². The molecule has 0 saturated carbocycles. The maximum absolute atomic E-state index is 5.74. The Morgan fingerprint density at radius 2 is 1.62 bits per heavy atom. The van der Waals surface area contributed by atoms with Gasteiger partial charge in [0, 0.05) is 29.7 Å². The smallest absolute Gasteiger partial charge is 0.213 e. The quantitative estimate of drug-likeness (QED) is 0.556. The van der Waals surface area contributed by atoms with Gasteiger partial charge in [0.2, 0.25) is 5.88 Å². The number of aryl methyl sites for hydroxylation is 1. The lowest BCUT2D eigenvalue weighted by Crippen LogP contribution is -2.10. The van der Waals surface area contributed by atoms with Crippen molar-refractivity contribution in [2.75, 3.05) is 6.61 Å². The van der Waals surface area contributed by atoms with Crippen molar-refractivity contribution in [1.82, 2.24) is 9.97 Å². The first-order valence-corrected chi connectivity index (χ1v) is 9.12. The van der Waals surface area contributed by atoms with Crippen LogP contribution in [0.2, 0.25) is 0 Å². The monoisotopic (exact) mass is 346 g/mol. The molecule has 3 aromatic rings. The first kappa shape index (κ1) is 18.1. The highest BCUT2D eigenvalue weighted by molar-refractivity contribution is 5.63. The number of aromatic nitrogens is 2. The summed E-state index contributed by atoms with van der Waals surface area (Å²) in [6.07, 6.45) is 5.54. The molecule has 0 radical (unpaired) electrons. The molecule has 2 heterocycles. The van der Waals surface area contributed by atoms with Crippen molar-refractivity contribution in [3.8, 4) is 17.0 Å². The number of hydrogen-bond donors (Lipinski definition) is 0. The third-order valence-corrected chi connectivity index (χ3v) is 4.37. The zero-order valence-corrected chi connectivity index (χ0v) is 15.8. The van der Waals surface area contributed by atoms with Crippen LogP contribution in [0.3, 0.4) is 0 Å². The fourth-order valence-electron chi connectivity index (χ4n) is 2.78. The van der Waals surface area contributed by atoms with E-state index in [1.807, 2.05) is 36.7 Å². The molecule has 26 heavy (non-hydrogen) atoms. The van der Waals surface area contributed by atoms with Crippen LogP contribution in [0.25, 0.3) is 11.1 Å². The van der Waals surface area contributed by atoms with E-state index in [0.29, 0.717) is 12.5 Å². The Morgan fingerprint density at radius 1 is 0.846 bits per heavy atom. The van der Waals surface area contributed by atoms with Crippen molar-refractivity contribution >= 4 is 0 Å². The molecule has 134 valence electrons. The van der Waals surface area contributed by atoms with E-state index >= 15 is 0 Å².